The lowest BCUT2D eigenvalue weighted by atomic mass is 9.82. The minimum atomic E-state index is -0.0942. The topological polar surface area (TPSA) is 29.3 Å². The van der Waals surface area contributed by atoms with E-state index < -0.39 is 0 Å². The van der Waals surface area contributed by atoms with Crippen molar-refractivity contribution in [2.24, 2.45) is 0 Å². The van der Waals surface area contributed by atoms with Crippen LogP contribution in [0.3, 0.4) is 0 Å². The Kier molecular flexibility index (Phi) is 5.54. The molecule has 9 rings (SSSR count). The van der Waals surface area contributed by atoms with Gasteiger partial charge in [0.1, 0.15) is 5.58 Å². The zero-order chi connectivity index (χ0) is 30.1. The molecule has 0 spiro atoms. The summed E-state index contributed by atoms with van der Waals surface area (Å²) in [5.74, 6) is 0. The summed E-state index contributed by atoms with van der Waals surface area (Å²) in [6.45, 7) is 4.68. The molecule has 0 radical (unpaired) electrons. The maximum Gasteiger partial charge on any atom is 0.227 e. The number of fused-ring (bicyclic) bond motifs is 8. The number of furan rings is 1. The normalized spacial score (nSPS) is 13.3. The van der Waals surface area contributed by atoms with Crippen LogP contribution in [0.2, 0.25) is 0 Å². The molecule has 0 amide bonds. The Labute approximate surface area is 262 Å². The van der Waals surface area contributed by atoms with E-state index in [4.69, 9.17) is 4.42 Å². The van der Waals surface area contributed by atoms with E-state index in [1.165, 1.54) is 38.8 Å². The molecule has 1 aliphatic rings. The van der Waals surface area contributed by atoms with Crippen LogP contribution in [0.1, 0.15) is 25.0 Å². The summed E-state index contributed by atoms with van der Waals surface area (Å²) in [4.78, 5) is 6.88. The summed E-state index contributed by atoms with van der Waals surface area (Å²) in [5, 5.41) is 4.45. The number of benzene rings is 6. The molecule has 0 bridgehead atoms. The Balaban J connectivity index is 1.26. The summed E-state index contributed by atoms with van der Waals surface area (Å²) in [6.07, 6.45) is 1.78. The summed E-state index contributed by atoms with van der Waals surface area (Å²) < 4.78 is 6.16. The summed E-state index contributed by atoms with van der Waals surface area (Å²) in [7, 11) is 0. The van der Waals surface area contributed by atoms with Gasteiger partial charge < -0.3 is 9.32 Å². The van der Waals surface area contributed by atoms with E-state index in [0.29, 0.717) is 5.71 Å². The lowest BCUT2D eigenvalue weighted by Crippen LogP contribution is -2.16. The fourth-order valence-corrected chi connectivity index (χ4v) is 7.27. The first-order valence-corrected chi connectivity index (χ1v) is 15.5. The Morgan fingerprint density at radius 1 is 0.556 bits per heavy atom. The van der Waals surface area contributed by atoms with Crippen molar-refractivity contribution in [2.75, 3.05) is 4.90 Å². The number of aromatic nitrogens is 1. The molecule has 6 aromatic carbocycles. The Morgan fingerprint density at radius 2 is 1.24 bits per heavy atom. The van der Waals surface area contributed by atoms with Gasteiger partial charge in [-0.25, -0.2) is 4.98 Å². The molecule has 0 unspecified atom stereocenters. The van der Waals surface area contributed by atoms with Crippen LogP contribution in [-0.4, -0.2) is 4.98 Å². The smallest absolute Gasteiger partial charge is 0.227 e. The van der Waals surface area contributed by atoms with E-state index in [9.17, 15) is 0 Å². The summed E-state index contributed by atoms with van der Waals surface area (Å²) in [6, 6.07) is 50.3. The Morgan fingerprint density at radius 3 is 2.11 bits per heavy atom. The van der Waals surface area contributed by atoms with Crippen molar-refractivity contribution in [1.29, 1.82) is 0 Å². The standard InChI is InChI=1S/C42H30N2O/c1-42(2)37-13-7-6-11-33(37)34-22-21-32(26-38(34)42)44(30-18-14-28(15-19-30)27-9-4-3-5-10-27)31-20-16-29-17-23-39-40(36(29)25-31)35-12-8-24-43-41(35)45-39/h3-26H,1-2H3. The third-order valence-electron chi connectivity index (χ3n) is 9.53. The fraction of sp³-hybridized carbons (Fsp3) is 0.0714. The summed E-state index contributed by atoms with van der Waals surface area (Å²) >= 11 is 0. The summed E-state index contributed by atoms with van der Waals surface area (Å²) in [5.41, 5.74) is 12.5. The Hall–Kier alpha value is -5.67. The fourth-order valence-electron chi connectivity index (χ4n) is 7.27. The van der Waals surface area contributed by atoms with Crippen molar-refractivity contribution in [2.45, 2.75) is 19.3 Å². The van der Waals surface area contributed by atoms with E-state index in [1.54, 1.807) is 6.20 Å². The molecule has 1 aliphatic carbocycles. The highest BCUT2D eigenvalue weighted by Gasteiger charge is 2.35. The van der Waals surface area contributed by atoms with Gasteiger partial charge in [-0.3, -0.25) is 0 Å². The lowest BCUT2D eigenvalue weighted by Gasteiger charge is -2.28. The molecule has 0 atom stereocenters. The second-order valence-electron chi connectivity index (χ2n) is 12.5. The molecule has 3 heteroatoms. The first kappa shape index (κ1) is 25.8. The number of hydrogen-bond donors (Lipinski definition) is 0. The van der Waals surface area contributed by atoms with Crippen LogP contribution < -0.4 is 4.90 Å². The van der Waals surface area contributed by atoms with Crippen LogP contribution in [0.15, 0.2) is 150 Å². The largest absolute Gasteiger partial charge is 0.438 e. The third kappa shape index (κ3) is 3.94. The molecule has 0 N–H and O–H groups in total. The SMILES string of the molecule is CC1(C)c2ccccc2-c2ccc(N(c3ccc(-c4ccccc4)cc3)c3ccc4ccc5oc6ncccc6c5c4c3)cc21. The number of anilines is 3. The number of rotatable bonds is 4. The molecule has 2 aromatic heterocycles. The minimum Gasteiger partial charge on any atom is -0.438 e. The van der Waals surface area contributed by atoms with E-state index >= 15 is 0 Å². The highest BCUT2D eigenvalue weighted by atomic mass is 16.3. The maximum absolute atomic E-state index is 6.16. The quantitative estimate of drug-likeness (QED) is 0.208. The predicted octanol–water partition coefficient (Wildman–Crippen LogP) is 11.6. The van der Waals surface area contributed by atoms with Crippen molar-refractivity contribution < 1.29 is 4.42 Å². The van der Waals surface area contributed by atoms with Crippen molar-refractivity contribution in [3.8, 4) is 22.3 Å². The van der Waals surface area contributed by atoms with E-state index in [2.05, 4.69) is 157 Å². The molecular formula is C42H30N2O. The third-order valence-corrected chi connectivity index (χ3v) is 9.53. The maximum atomic E-state index is 6.16. The van der Waals surface area contributed by atoms with Gasteiger partial charge in [0, 0.05) is 39.4 Å². The second kappa shape index (κ2) is 9.67. The van der Waals surface area contributed by atoms with Crippen LogP contribution in [0, 0.1) is 0 Å². The molecule has 214 valence electrons. The average Bonchev–Trinajstić information content (AvgIpc) is 3.58. The molecule has 3 nitrogen and oxygen atoms in total. The van der Waals surface area contributed by atoms with Gasteiger partial charge in [-0.05, 0) is 98.8 Å². The average molecular weight is 579 g/mol. The Bertz CT molecular complexity index is 2400. The first-order chi connectivity index (χ1) is 22.1. The second-order valence-corrected chi connectivity index (χ2v) is 12.5. The van der Waals surface area contributed by atoms with Gasteiger partial charge in [0.25, 0.3) is 0 Å². The van der Waals surface area contributed by atoms with Gasteiger partial charge in [-0.15, -0.1) is 0 Å². The number of pyridine rings is 1. The molecule has 2 heterocycles. The van der Waals surface area contributed by atoms with Gasteiger partial charge in [0.15, 0.2) is 0 Å². The first-order valence-electron chi connectivity index (χ1n) is 15.5. The van der Waals surface area contributed by atoms with Gasteiger partial charge in [0.05, 0.1) is 0 Å². The zero-order valence-corrected chi connectivity index (χ0v) is 25.2. The van der Waals surface area contributed by atoms with Gasteiger partial charge in [0.2, 0.25) is 5.71 Å². The molecule has 8 aromatic rings. The van der Waals surface area contributed by atoms with Crippen LogP contribution in [0.4, 0.5) is 17.1 Å². The zero-order valence-electron chi connectivity index (χ0n) is 25.2. The van der Waals surface area contributed by atoms with Crippen molar-refractivity contribution in [3.63, 3.8) is 0 Å². The number of hydrogen-bond acceptors (Lipinski definition) is 3. The predicted molar refractivity (Wildman–Crippen MR) is 187 cm³/mol. The highest BCUT2D eigenvalue weighted by Crippen LogP contribution is 2.51. The number of nitrogens with zero attached hydrogens (tertiary/aromatic N) is 2. The van der Waals surface area contributed by atoms with E-state index in [1.807, 2.05) is 6.07 Å². The van der Waals surface area contributed by atoms with Gasteiger partial charge in [-0.1, -0.05) is 98.8 Å². The van der Waals surface area contributed by atoms with Crippen molar-refractivity contribution >= 4 is 49.9 Å². The molecule has 0 saturated carbocycles. The molecular weight excluding hydrogens is 548 g/mol. The van der Waals surface area contributed by atoms with Crippen molar-refractivity contribution in [1.82, 2.24) is 4.98 Å². The molecule has 45 heavy (non-hydrogen) atoms. The van der Waals surface area contributed by atoms with Crippen LogP contribution in [0.25, 0.3) is 55.1 Å². The van der Waals surface area contributed by atoms with E-state index in [-0.39, 0.29) is 5.41 Å². The monoisotopic (exact) mass is 578 g/mol. The minimum absolute atomic E-state index is 0.0942. The van der Waals surface area contributed by atoms with Crippen LogP contribution >= 0.6 is 0 Å². The van der Waals surface area contributed by atoms with Crippen LogP contribution in [-0.2, 0) is 5.41 Å². The molecule has 0 saturated heterocycles. The highest BCUT2D eigenvalue weighted by molar-refractivity contribution is 6.18. The van der Waals surface area contributed by atoms with Crippen LogP contribution in [0.5, 0.6) is 0 Å². The molecule has 0 aliphatic heterocycles. The molecule has 0 fully saturated rings. The van der Waals surface area contributed by atoms with Crippen molar-refractivity contribution in [3.05, 3.63) is 157 Å². The van der Waals surface area contributed by atoms with Gasteiger partial charge >= 0.3 is 0 Å². The van der Waals surface area contributed by atoms with E-state index in [0.717, 1.165) is 38.8 Å². The van der Waals surface area contributed by atoms with Gasteiger partial charge in [-0.2, -0.15) is 0 Å². The lowest BCUT2D eigenvalue weighted by molar-refractivity contribution is 0.654.